The van der Waals surface area contributed by atoms with Crippen molar-refractivity contribution in [1.82, 2.24) is 15.4 Å². The fourth-order valence-corrected chi connectivity index (χ4v) is 3.66. The summed E-state index contributed by atoms with van der Waals surface area (Å²) < 4.78 is 28.0. The van der Waals surface area contributed by atoms with E-state index < -0.39 is 22.0 Å². The van der Waals surface area contributed by atoms with Crippen LogP contribution in [0.15, 0.2) is 59.5 Å². The summed E-state index contributed by atoms with van der Waals surface area (Å²) in [6, 6.07) is 13.2. The van der Waals surface area contributed by atoms with Gasteiger partial charge in [-0.05, 0) is 30.2 Å². The summed E-state index contributed by atoms with van der Waals surface area (Å²) in [7, 11) is -2.59. The lowest BCUT2D eigenvalue weighted by Crippen LogP contribution is -2.39. The molecule has 7 nitrogen and oxygen atoms in total. The zero-order valence-corrected chi connectivity index (χ0v) is 16.0. The maximum atomic E-state index is 12.8. The molecule has 2 aromatic rings. The van der Waals surface area contributed by atoms with Gasteiger partial charge in [-0.25, -0.2) is 8.42 Å². The Morgan fingerprint density at radius 1 is 1.04 bits per heavy atom. The Morgan fingerprint density at radius 2 is 1.74 bits per heavy atom. The third-order valence-corrected chi connectivity index (χ3v) is 5.28. The van der Waals surface area contributed by atoms with Crippen molar-refractivity contribution < 1.29 is 18.0 Å². The molecule has 0 radical (unpaired) electrons. The second-order valence-corrected chi connectivity index (χ2v) is 7.58. The molecule has 0 bridgehead atoms. The third-order valence-electron chi connectivity index (χ3n) is 3.86. The Labute approximate surface area is 159 Å². The van der Waals surface area contributed by atoms with E-state index in [9.17, 15) is 18.0 Å². The predicted molar refractivity (Wildman–Crippen MR) is 103 cm³/mol. The number of carbonyl (C=O) groups excluding carboxylic acids is 2. The molecule has 0 unspecified atom stereocenters. The minimum atomic E-state index is -4.03. The fraction of sp³-hybridized carbons (Fsp3) is 0.263. The molecule has 8 heteroatoms. The van der Waals surface area contributed by atoms with Crippen LogP contribution in [0.4, 0.5) is 0 Å². The van der Waals surface area contributed by atoms with Crippen LogP contribution >= 0.6 is 0 Å². The van der Waals surface area contributed by atoms with Gasteiger partial charge in [-0.15, -0.1) is 0 Å². The number of rotatable bonds is 8. The number of amides is 2. The molecule has 2 aromatic carbocycles. The Balaban J connectivity index is 2.31. The van der Waals surface area contributed by atoms with Crippen LogP contribution in [-0.4, -0.2) is 33.8 Å². The Hall–Kier alpha value is -2.71. The van der Waals surface area contributed by atoms with Crippen molar-refractivity contribution in [2.75, 3.05) is 13.6 Å². The zero-order chi connectivity index (χ0) is 19.9. The van der Waals surface area contributed by atoms with Crippen LogP contribution in [0.1, 0.15) is 35.3 Å². The molecule has 2 rings (SSSR count). The first-order chi connectivity index (χ1) is 12.9. The van der Waals surface area contributed by atoms with Crippen LogP contribution in [0.3, 0.4) is 0 Å². The summed E-state index contributed by atoms with van der Waals surface area (Å²) in [6.07, 6.45) is 0.774. The SMILES string of the molecule is CCCNC(=O)c1cccc(S(=O)(=O)N[C@@H](C(=O)NC)c2ccccc2)c1. The zero-order valence-electron chi connectivity index (χ0n) is 15.2. The molecular weight excluding hydrogens is 366 g/mol. The van der Waals surface area contributed by atoms with Gasteiger partial charge in [0.25, 0.3) is 5.91 Å². The summed E-state index contributed by atoms with van der Waals surface area (Å²) in [6.45, 7) is 2.42. The van der Waals surface area contributed by atoms with Crippen molar-refractivity contribution in [3.05, 3.63) is 65.7 Å². The summed E-state index contributed by atoms with van der Waals surface area (Å²) in [5.41, 5.74) is 0.750. The fourth-order valence-electron chi connectivity index (χ4n) is 2.43. The van der Waals surface area contributed by atoms with Gasteiger partial charge in [-0.2, -0.15) is 4.72 Å². The lowest BCUT2D eigenvalue weighted by molar-refractivity contribution is -0.122. The first-order valence-electron chi connectivity index (χ1n) is 8.56. The van der Waals surface area contributed by atoms with E-state index in [1.54, 1.807) is 30.3 Å². The Bertz CT molecular complexity index is 898. The second kappa shape index (κ2) is 9.29. The van der Waals surface area contributed by atoms with E-state index in [0.717, 1.165) is 6.42 Å². The van der Waals surface area contributed by atoms with Crippen LogP contribution in [0.5, 0.6) is 0 Å². The molecular formula is C19H23N3O4S. The summed E-state index contributed by atoms with van der Waals surface area (Å²) in [5.74, 6) is -0.832. The standard InChI is InChI=1S/C19H23N3O4S/c1-3-12-21-18(23)15-10-7-11-16(13-15)27(25,26)22-17(19(24)20-2)14-8-5-4-6-9-14/h4-11,13,17,22H,3,12H2,1-2H3,(H,20,24)(H,21,23)/t17-/m1/s1. The van der Waals surface area contributed by atoms with E-state index in [1.807, 2.05) is 6.92 Å². The number of hydrogen-bond donors (Lipinski definition) is 3. The smallest absolute Gasteiger partial charge is 0.251 e. The lowest BCUT2D eigenvalue weighted by Gasteiger charge is -2.18. The molecule has 3 N–H and O–H groups in total. The van der Waals surface area contributed by atoms with E-state index >= 15 is 0 Å². The Kier molecular flexibility index (Phi) is 7.09. The van der Waals surface area contributed by atoms with Gasteiger partial charge in [0, 0.05) is 19.2 Å². The van der Waals surface area contributed by atoms with Gasteiger partial charge >= 0.3 is 0 Å². The molecule has 0 aliphatic heterocycles. The largest absolute Gasteiger partial charge is 0.357 e. The highest BCUT2D eigenvalue weighted by atomic mass is 32.2. The van der Waals surface area contributed by atoms with Gasteiger partial charge < -0.3 is 10.6 Å². The molecule has 144 valence electrons. The number of hydrogen-bond acceptors (Lipinski definition) is 4. The van der Waals surface area contributed by atoms with E-state index in [1.165, 1.54) is 31.3 Å². The molecule has 1 atom stereocenters. The molecule has 0 heterocycles. The minimum absolute atomic E-state index is 0.0866. The maximum Gasteiger partial charge on any atom is 0.251 e. The van der Waals surface area contributed by atoms with Crippen LogP contribution in [0.25, 0.3) is 0 Å². The summed E-state index contributed by atoms with van der Waals surface area (Å²) in [4.78, 5) is 24.2. The van der Waals surface area contributed by atoms with Crippen molar-refractivity contribution in [2.24, 2.45) is 0 Å². The van der Waals surface area contributed by atoms with Crippen molar-refractivity contribution in [3.63, 3.8) is 0 Å². The number of benzene rings is 2. The van der Waals surface area contributed by atoms with E-state index in [0.29, 0.717) is 12.1 Å². The lowest BCUT2D eigenvalue weighted by atomic mass is 10.1. The molecule has 27 heavy (non-hydrogen) atoms. The highest BCUT2D eigenvalue weighted by molar-refractivity contribution is 7.89. The minimum Gasteiger partial charge on any atom is -0.357 e. The second-order valence-electron chi connectivity index (χ2n) is 5.86. The predicted octanol–water partition coefficient (Wildman–Crippen LogP) is 1.59. The van der Waals surface area contributed by atoms with Gasteiger partial charge in [0.15, 0.2) is 0 Å². The third kappa shape index (κ3) is 5.38. The molecule has 0 spiro atoms. The van der Waals surface area contributed by atoms with Crippen molar-refractivity contribution in [1.29, 1.82) is 0 Å². The molecule has 2 amide bonds. The number of carbonyl (C=O) groups is 2. The molecule has 0 aliphatic carbocycles. The van der Waals surface area contributed by atoms with Crippen LogP contribution in [0, 0.1) is 0 Å². The van der Waals surface area contributed by atoms with Gasteiger partial charge in [-0.3, -0.25) is 9.59 Å². The summed E-state index contributed by atoms with van der Waals surface area (Å²) in [5, 5.41) is 5.16. The Morgan fingerprint density at radius 3 is 2.37 bits per heavy atom. The van der Waals surface area contributed by atoms with E-state index in [4.69, 9.17) is 0 Å². The highest BCUT2D eigenvalue weighted by Gasteiger charge is 2.27. The highest BCUT2D eigenvalue weighted by Crippen LogP contribution is 2.18. The van der Waals surface area contributed by atoms with Crippen molar-refractivity contribution in [3.8, 4) is 0 Å². The monoisotopic (exact) mass is 389 g/mol. The number of likely N-dealkylation sites (N-methyl/N-ethyl adjacent to an activating group) is 1. The first kappa shape index (κ1) is 20.6. The van der Waals surface area contributed by atoms with E-state index in [-0.39, 0.29) is 16.4 Å². The average Bonchev–Trinajstić information content (AvgIpc) is 2.70. The summed E-state index contributed by atoms with van der Waals surface area (Å²) >= 11 is 0. The average molecular weight is 389 g/mol. The number of nitrogens with one attached hydrogen (secondary N) is 3. The molecule has 0 saturated heterocycles. The van der Waals surface area contributed by atoms with Gasteiger partial charge in [-0.1, -0.05) is 43.3 Å². The quantitative estimate of drug-likeness (QED) is 0.638. The first-order valence-corrected chi connectivity index (χ1v) is 10.0. The molecule has 0 fully saturated rings. The van der Waals surface area contributed by atoms with Crippen molar-refractivity contribution >= 4 is 21.8 Å². The van der Waals surface area contributed by atoms with Gasteiger partial charge in [0.1, 0.15) is 6.04 Å². The number of sulfonamides is 1. The van der Waals surface area contributed by atoms with Crippen LogP contribution in [0.2, 0.25) is 0 Å². The molecule has 0 aromatic heterocycles. The van der Waals surface area contributed by atoms with E-state index in [2.05, 4.69) is 15.4 Å². The van der Waals surface area contributed by atoms with Crippen LogP contribution < -0.4 is 15.4 Å². The topological polar surface area (TPSA) is 104 Å². The van der Waals surface area contributed by atoms with Gasteiger partial charge in [0.05, 0.1) is 4.90 Å². The normalized spacial score (nSPS) is 12.2. The van der Waals surface area contributed by atoms with Crippen LogP contribution in [-0.2, 0) is 14.8 Å². The molecule has 0 aliphatic rings. The van der Waals surface area contributed by atoms with Crippen molar-refractivity contribution in [2.45, 2.75) is 24.3 Å². The van der Waals surface area contributed by atoms with Gasteiger partial charge in [0.2, 0.25) is 15.9 Å². The molecule has 0 saturated carbocycles. The maximum absolute atomic E-state index is 12.8.